The number of pyridine rings is 1. The third-order valence-electron chi connectivity index (χ3n) is 0.927. The van der Waals surface area contributed by atoms with Crippen LogP contribution in [0.1, 0.15) is 10.4 Å². The van der Waals surface area contributed by atoms with Gasteiger partial charge in [-0.2, -0.15) is 0 Å². The topological polar surface area (TPSA) is 96.4 Å². The lowest BCUT2D eigenvalue weighted by Crippen LogP contribution is -1.94. The predicted octanol–water partition coefficient (Wildman–Crippen LogP) is 0.114. The van der Waals surface area contributed by atoms with Gasteiger partial charge in [0.05, 0.1) is 5.56 Å². The molecule has 1 rings (SSSR count). The van der Waals surface area contributed by atoms with Crippen LogP contribution in [0.2, 0.25) is 0 Å². The summed E-state index contributed by atoms with van der Waals surface area (Å²) in [6, 6.07) is 2.89. The summed E-state index contributed by atoms with van der Waals surface area (Å²) in [5, 5.41) is 14.9. The molecule has 4 N–H and O–H groups in total. The molecular formula is C6H8N2O3. The van der Waals surface area contributed by atoms with E-state index in [-0.39, 0.29) is 5.56 Å². The van der Waals surface area contributed by atoms with Crippen LogP contribution in [-0.2, 0) is 0 Å². The first-order valence-corrected chi connectivity index (χ1v) is 2.70. The summed E-state index contributed by atoms with van der Waals surface area (Å²) in [6.45, 7) is 0. The highest BCUT2D eigenvalue weighted by Crippen LogP contribution is 1.93. The van der Waals surface area contributed by atoms with Crippen molar-refractivity contribution in [2.24, 2.45) is 5.90 Å². The molecule has 0 bridgehead atoms. The quantitative estimate of drug-likeness (QED) is 0.501. The summed E-state index contributed by atoms with van der Waals surface area (Å²) in [7, 11) is 0. The highest BCUT2D eigenvalue weighted by atomic mass is 16.4. The molecule has 0 atom stereocenters. The van der Waals surface area contributed by atoms with Crippen LogP contribution in [0.15, 0.2) is 24.5 Å². The maximum atomic E-state index is 10.2. The van der Waals surface area contributed by atoms with Gasteiger partial charge in [-0.15, -0.1) is 0 Å². The summed E-state index contributed by atoms with van der Waals surface area (Å²) < 4.78 is 0. The highest BCUT2D eigenvalue weighted by molar-refractivity contribution is 5.87. The Balaban J connectivity index is 0.000000461. The Labute approximate surface area is 63.1 Å². The molecule has 0 unspecified atom stereocenters. The third kappa shape index (κ3) is 3.29. The lowest BCUT2D eigenvalue weighted by atomic mass is 10.3. The number of carboxylic acids is 1. The van der Waals surface area contributed by atoms with Crippen molar-refractivity contribution in [1.82, 2.24) is 4.98 Å². The predicted molar refractivity (Wildman–Crippen MR) is 37.2 cm³/mol. The van der Waals surface area contributed by atoms with Gasteiger partial charge in [0, 0.05) is 12.4 Å². The first-order chi connectivity index (χ1) is 5.30. The van der Waals surface area contributed by atoms with Crippen LogP contribution >= 0.6 is 0 Å². The van der Waals surface area contributed by atoms with E-state index in [9.17, 15) is 4.79 Å². The van der Waals surface area contributed by atoms with Crippen LogP contribution in [-0.4, -0.2) is 21.3 Å². The molecule has 0 saturated carbocycles. The Morgan fingerprint density at radius 1 is 1.36 bits per heavy atom. The van der Waals surface area contributed by atoms with Crippen molar-refractivity contribution in [1.29, 1.82) is 0 Å². The summed E-state index contributed by atoms with van der Waals surface area (Å²) in [5.41, 5.74) is 0.269. The van der Waals surface area contributed by atoms with Gasteiger partial charge in [-0.25, -0.2) is 10.7 Å². The zero-order chi connectivity index (χ0) is 8.69. The van der Waals surface area contributed by atoms with Gasteiger partial charge in [0.2, 0.25) is 0 Å². The van der Waals surface area contributed by atoms with Crippen molar-refractivity contribution in [3.8, 4) is 0 Å². The van der Waals surface area contributed by atoms with Crippen LogP contribution in [0.25, 0.3) is 0 Å². The molecule has 1 heterocycles. The fraction of sp³-hybridized carbons (Fsp3) is 0. The Morgan fingerprint density at radius 3 is 2.09 bits per heavy atom. The molecule has 1 aromatic heterocycles. The summed E-state index contributed by atoms with van der Waals surface area (Å²) in [5.74, 6) is 2.58. The van der Waals surface area contributed by atoms with Gasteiger partial charge >= 0.3 is 5.97 Å². The number of aromatic nitrogens is 1. The number of nitrogens with two attached hydrogens (primary N) is 1. The number of aromatic carboxylic acids is 1. The highest BCUT2D eigenvalue weighted by Gasteiger charge is 1.97. The second-order valence-electron chi connectivity index (χ2n) is 1.54. The second kappa shape index (κ2) is 5.33. The van der Waals surface area contributed by atoms with E-state index in [2.05, 4.69) is 10.9 Å². The monoisotopic (exact) mass is 156 g/mol. The molecule has 5 nitrogen and oxygen atoms in total. The van der Waals surface area contributed by atoms with Gasteiger partial charge in [0.15, 0.2) is 0 Å². The Kier molecular flexibility index (Phi) is 4.63. The first kappa shape index (κ1) is 9.54. The molecule has 0 aromatic carbocycles. The minimum atomic E-state index is -0.919. The van der Waals surface area contributed by atoms with Gasteiger partial charge < -0.3 is 10.3 Å². The van der Waals surface area contributed by atoms with Crippen LogP contribution in [0.5, 0.6) is 0 Å². The number of rotatable bonds is 1. The van der Waals surface area contributed by atoms with E-state index in [1.807, 2.05) is 0 Å². The fourth-order valence-electron chi connectivity index (χ4n) is 0.494. The number of carboxylic acid groups (broad SMARTS) is 1. The molecule has 60 valence electrons. The normalized spacial score (nSPS) is 7.82. The largest absolute Gasteiger partial charge is 0.478 e. The summed E-state index contributed by atoms with van der Waals surface area (Å²) >= 11 is 0. The van der Waals surface area contributed by atoms with Crippen LogP contribution in [0, 0.1) is 0 Å². The van der Waals surface area contributed by atoms with E-state index < -0.39 is 5.97 Å². The van der Waals surface area contributed by atoms with Gasteiger partial charge in [-0.05, 0) is 12.1 Å². The lowest BCUT2D eigenvalue weighted by Gasteiger charge is -1.87. The van der Waals surface area contributed by atoms with Crippen LogP contribution < -0.4 is 5.90 Å². The zero-order valence-corrected chi connectivity index (χ0v) is 5.64. The maximum absolute atomic E-state index is 10.2. The lowest BCUT2D eigenvalue weighted by molar-refractivity contribution is 0.0697. The van der Waals surface area contributed by atoms with Gasteiger partial charge in [-0.1, -0.05) is 0 Å². The molecule has 0 aliphatic rings. The second-order valence-corrected chi connectivity index (χ2v) is 1.54. The van der Waals surface area contributed by atoms with Crippen molar-refractivity contribution in [2.75, 3.05) is 0 Å². The maximum Gasteiger partial charge on any atom is 0.335 e. The van der Waals surface area contributed by atoms with Gasteiger partial charge in [0.25, 0.3) is 0 Å². The number of carbonyl (C=O) groups is 1. The molecule has 0 amide bonds. The zero-order valence-electron chi connectivity index (χ0n) is 5.64. The molecule has 0 aliphatic heterocycles. The SMILES string of the molecule is NO.O=C(O)c1ccncc1. The number of hydrogen-bond acceptors (Lipinski definition) is 4. The van der Waals surface area contributed by atoms with Gasteiger partial charge in [-0.3, -0.25) is 4.98 Å². The number of hydrogen-bond donors (Lipinski definition) is 3. The first-order valence-electron chi connectivity index (χ1n) is 2.70. The molecule has 1 aromatic rings. The molecule has 0 saturated heterocycles. The molecule has 0 spiro atoms. The molecule has 0 radical (unpaired) electrons. The third-order valence-corrected chi connectivity index (χ3v) is 0.927. The standard InChI is InChI=1S/C6H5NO2.H3NO/c8-6(9)5-1-3-7-4-2-5;1-2/h1-4H,(H,8,9);2H,1H2. The average molecular weight is 156 g/mol. The van der Waals surface area contributed by atoms with Crippen molar-refractivity contribution in [2.45, 2.75) is 0 Å². The van der Waals surface area contributed by atoms with Crippen molar-refractivity contribution in [3.63, 3.8) is 0 Å². The van der Waals surface area contributed by atoms with Crippen LogP contribution in [0.4, 0.5) is 0 Å². The van der Waals surface area contributed by atoms with E-state index >= 15 is 0 Å². The minimum absolute atomic E-state index is 0.269. The van der Waals surface area contributed by atoms with Crippen molar-refractivity contribution >= 4 is 5.97 Å². The van der Waals surface area contributed by atoms with E-state index in [4.69, 9.17) is 10.3 Å². The van der Waals surface area contributed by atoms with Gasteiger partial charge in [0.1, 0.15) is 0 Å². The smallest absolute Gasteiger partial charge is 0.335 e. The Hall–Kier alpha value is -1.46. The Morgan fingerprint density at radius 2 is 1.82 bits per heavy atom. The van der Waals surface area contributed by atoms with E-state index in [1.165, 1.54) is 24.5 Å². The fourth-order valence-corrected chi connectivity index (χ4v) is 0.494. The summed E-state index contributed by atoms with van der Waals surface area (Å²) in [6.07, 6.45) is 2.90. The molecule has 0 fully saturated rings. The Bertz CT molecular complexity index is 212. The van der Waals surface area contributed by atoms with Crippen molar-refractivity contribution in [3.05, 3.63) is 30.1 Å². The molecule has 0 aliphatic carbocycles. The molecular weight excluding hydrogens is 148 g/mol. The molecule has 11 heavy (non-hydrogen) atoms. The summed E-state index contributed by atoms with van der Waals surface area (Å²) in [4.78, 5) is 13.8. The van der Waals surface area contributed by atoms with E-state index in [1.54, 1.807) is 0 Å². The van der Waals surface area contributed by atoms with Crippen molar-refractivity contribution < 1.29 is 15.1 Å². The average Bonchev–Trinajstić information content (AvgIpc) is 2.10. The van der Waals surface area contributed by atoms with E-state index in [0.717, 1.165) is 0 Å². The minimum Gasteiger partial charge on any atom is -0.478 e. The van der Waals surface area contributed by atoms with Crippen LogP contribution in [0.3, 0.4) is 0 Å². The van der Waals surface area contributed by atoms with E-state index in [0.29, 0.717) is 0 Å². The number of nitrogens with zero attached hydrogens (tertiary/aromatic N) is 1. The molecule has 5 heteroatoms.